The Kier molecular flexibility index (Phi) is 5.58. The molecule has 0 unspecified atom stereocenters. The highest BCUT2D eigenvalue weighted by atomic mass is 16.3. The number of aryl methyl sites for hydroxylation is 2. The van der Waals surface area contributed by atoms with Gasteiger partial charge in [-0.2, -0.15) is 0 Å². The normalized spacial score (nSPS) is 15.1. The van der Waals surface area contributed by atoms with Crippen molar-refractivity contribution < 1.29 is 9.21 Å². The monoisotopic (exact) mass is 391 g/mol. The molecule has 4 rings (SSSR count). The number of anilines is 2. The summed E-state index contributed by atoms with van der Waals surface area (Å²) in [6, 6.07) is 12.4. The zero-order valence-electron chi connectivity index (χ0n) is 17.5. The summed E-state index contributed by atoms with van der Waals surface area (Å²) in [6.07, 6.45) is 2.97. The van der Waals surface area contributed by atoms with Crippen LogP contribution in [0.5, 0.6) is 0 Å². The first-order chi connectivity index (χ1) is 14.0. The first-order valence-electron chi connectivity index (χ1n) is 10.4. The number of hydrogen-bond donors (Lipinski definition) is 1. The lowest BCUT2D eigenvalue weighted by molar-refractivity contribution is -0.115. The molecule has 1 fully saturated rings. The minimum atomic E-state index is -0.0287. The molecule has 5 nitrogen and oxygen atoms in total. The van der Waals surface area contributed by atoms with Crippen LogP contribution in [0, 0.1) is 6.92 Å². The number of nitrogens with one attached hydrogen (secondary N) is 1. The molecule has 0 aliphatic carbocycles. The highest BCUT2D eigenvalue weighted by molar-refractivity contribution is 5.95. The highest BCUT2D eigenvalue weighted by Crippen LogP contribution is 2.26. The number of hydrogen-bond acceptors (Lipinski definition) is 4. The molecule has 0 saturated carbocycles. The predicted molar refractivity (Wildman–Crippen MR) is 119 cm³/mol. The smallest absolute Gasteiger partial charge is 0.228 e. The lowest BCUT2D eigenvalue weighted by atomic mass is 10.1. The van der Waals surface area contributed by atoms with E-state index < -0.39 is 0 Å². The second-order valence-corrected chi connectivity index (χ2v) is 7.96. The van der Waals surface area contributed by atoms with Gasteiger partial charge in [-0.15, -0.1) is 0 Å². The van der Waals surface area contributed by atoms with Crippen LogP contribution in [-0.2, 0) is 17.6 Å². The fourth-order valence-corrected chi connectivity index (χ4v) is 4.00. The molecule has 1 saturated heterocycles. The number of benzene rings is 2. The van der Waals surface area contributed by atoms with E-state index in [-0.39, 0.29) is 5.91 Å². The maximum absolute atomic E-state index is 12.6. The molecule has 0 spiro atoms. The predicted octanol–water partition coefficient (Wildman–Crippen LogP) is 4.24. The molecule has 2 heterocycles. The van der Waals surface area contributed by atoms with Crippen molar-refractivity contribution in [2.24, 2.45) is 0 Å². The third-order valence-corrected chi connectivity index (χ3v) is 5.80. The van der Waals surface area contributed by atoms with Gasteiger partial charge in [0.05, 0.1) is 12.7 Å². The molecule has 1 aliphatic heterocycles. The van der Waals surface area contributed by atoms with Gasteiger partial charge >= 0.3 is 0 Å². The number of rotatable bonds is 5. The van der Waals surface area contributed by atoms with Crippen molar-refractivity contribution in [3.05, 3.63) is 59.4 Å². The Labute approximate surface area is 172 Å². The van der Waals surface area contributed by atoms with E-state index >= 15 is 0 Å². The summed E-state index contributed by atoms with van der Waals surface area (Å²) in [5.74, 6) is -0.0287. The molecule has 1 N–H and O–H groups in total. The Morgan fingerprint density at radius 3 is 2.62 bits per heavy atom. The maximum atomic E-state index is 12.6. The lowest BCUT2D eigenvalue weighted by Gasteiger charge is -2.35. The van der Waals surface area contributed by atoms with Crippen molar-refractivity contribution in [3.8, 4) is 0 Å². The number of carbonyl (C=O) groups is 1. The Morgan fingerprint density at radius 2 is 1.90 bits per heavy atom. The third kappa shape index (κ3) is 4.30. The quantitative estimate of drug-likeness (QED) is 0.707. The Balaban J connectivity index is 1.43. The number of furan rings is 1. The number of carbonyl (C=O) groups excluding carboxylic acids is 1. The van der Waals surface area contributed by atoms with E-state index in [1.165, 1.54) is 16.8 Å². The summed E-state index contributed by atoms with van der Waals surface area (Å²) in [4.78, 5) is 17.4. The summed E-state index contributed by atoms with van der Waals surface area (Å²) in [6.45, 7) is 8.47. The van der Waals surface area contributed by atoms with Gasteiger partial charge in [-0.3, -0.25) is 4.79 Å². The number of amides is 1. The van der Waals surface area contributed by atoms with E-state index in [4.69, 9.17) is 4.42 Å². The molecule has 1 aromatic heterocycles. The molecule has 0 atom stereocenters. The van der Waals surface area contributed by atoms with Crippen LogP contribution in [0.1, 0.15) is 23.6 Å². The van der Waals surface area contributed by atoms with Crippen LogP contribution in [0.25, 0.3) is 11.0 Å². The summed E-state index contributed by atoms with van der Waals surface area (Å²) in [5, 5.41) is 4.05. The van der Waals surface area contributed by atoms with Crippen LogP contribution in [-0.4, -0.2) is 44.0 Å². The van der Waals surface area contributed by atoms with Crippen LogP contribution >= 0.6 is 0 Å². The number of likely N-dealkylation sites (N-methyl/N-ethyl adjacent to an activating group) is 1. The third-order valence-electron chi connectivity index (χ3n) is 5.80. The Bertz CT molecular complexity index is 1020. The maximum Gasteiger partial charge on any atom is 0.228 e. The first-order valence-corrected chi connectivity index (χ1v) is 10.4. The number of nitrogens with zero attached hydrogens (tertiary/aromatic N) is 2. The van der Waals surface area contributed by atoms with E-state index in [9.17, 15) is 4.79 Å². The number of fused-ring (bicyclic) bond motifs is 1. The van der Waals surface area contributed by atoms with Crippen LogP contribution < -0.4 is 10.2 Å². The van der Waals surface area contributed by atoms with Gasteiger partial charge in [0, 0.05) is 48.5 Å². The van der Waals surface area contributed by atoms with Crippen molar-refractivity contribution in [3.63, 3.8) is 0 Å². The molecule has 0 radical (unpaired) electrons. The molecule has 3 aromatic rings. The second-order valence-electron chi connectivity index (χ2n) is 7.96. The SMILES string of the molecule is CCc1ccc2c(CC(=O)Nc3ccc(N4CCN(C)CC4)c(C)c3)coc2c1. The molecular weight excluding hydrogens is 362 g/mol. The van der Waals surface area contributed by atoms with Crippen molar-refractivity contribution in [1.82, 2.24) is 4.90 Å². The molecular formula is C24H29N3O2. The Hall–Kier alpha value is -2.79. The molecule has 1 amide bonds. The van der Waals surface area contributed by atoms with Gasteiger partial charge < -0.3 is 19.5 Å². The lowest BCUT2D eigenvalue weighted by Crippen LogP contribution is -2.44. The van der Waals surface area contributed by atoms with E-state index in [0.717, 1.165) is 54.8 Å². The van der Waals surface area contributed by atoms with E-state index in [1.54, 1.807) is 6.26 Å². The van der Waals surface area contributed by atoms with Gasteiger partial charge in [-0.25, -0.2) is 0 Å². The molecule has 2 aromatic carbocycles. The van der Waals surface area contributed by atoms with Crippen LogP contribution in [0.4, 0.5) is 11.4 Å². The minimum Gasteiger partial charge on any atom is -0.464 e. The highest BCUT2D eigenvalue weighted by Gasteiger charge is 2.16. The van der Waals surface area contributed by atoms with Crippen LogP contribution in [0.3, 0.4) is 0 Å². The summed E-state index contributed by atoms with van der Waals surface area (Å²) in [7, 11) is 2.16. The van der Waals surface area contributed by atoms with Crippen LogP contribution in [0.2, 0.25) is 0 Å². The van der Waals surface area contributed by atoms with Gasteiger partial charge in [-0.1, -0.05) is 19.1 Å². The molecule has 5 heteroatoms. The summed E-state index contributed by atoms with van der Waals surface area (Å²) in [5.41, 5.74) is 6.28. The van der Waals surface area contributed by atoms with Gasteiger partial charge in [-0.05, 0) is 55.8 Å². The first kappa shape index (κ1) is 19.5. The fraction of sp³-hybridized carbons (Fsp3) is 0.375. The topological polar surface area (TPSA) is 48.7 Å². The average molecular weight is 392 g/mol. The van der Waals surface area contributed by atoms with Crippen molar-refractivity contribution >= 4 is 28.3 Å². The second kappa shape index (κ2) is 8.29. The van der Waals surface area contributed by atoms with E-state index in [0.29, 0.717) is 6.42 Å². The number of piperazine rings is 1. The molecule has 1 aliphatic rings. The van der Waals surface area contributed by atoms with Gasteiger partial charge in [0.15, 0.2) is 0 Å². The van der Waals surface area contributed by atoms with Gasteiger partial charge in [0.1, 0.15) is 5.58 Å². The molecule has 29 heavy (non-hydrogen) atoms. The zero-order chi connectivity index (χ0) is 20.4. The van der Waals surface area contributed by atoms with E-state index in [2.05, 4.69) is 66.3 Å². The fourth-order valence-electron chi connectivity index (χ4n) is 4.00. The minimum absolute atomic E-state index is 0.0287. The molecule has 0 bridgehead atoms. The molecule has 152 valence electrons. The van der Waals surface area contributed by atoms with Crippen molar-refractivity contribution in [2.75, 3.05) is 43.4 Å². The standard InChI is InChI=1S/C24H29N3O2/c1-4-18-5-7-21-19(16-29-23(21)14-18)15-24(28)25-20-6-8-22(17(2)13-20)27-11-9-26(3)10-12-27/h5-8,13-14,16H,4,9-12,15H2,1-3H3,(H,25,28). The summed E-state index contributed by atoms with van der Waals surface area (Å²) < 4.78 is 5.66. The van der Waals surface area contributed by atoms with Crippen molar-refractivity contribution in [1.29, 1.82) is 0 Å². The summed E-state index contributed by atoms with van der Waals surface area (Å²) >= 11 is 0. The van der Waals surface area contributed by atoms with Crippen molar-refractivity contribution in [2.45, 2.75) is 26.7 Å². The zero-order valence-corrected chi connectivity index (χ0v) is 17.5. The Morgan fingerprint density at radius 1 is 1.10 bits per heavy atom. The average Bonchev–Trinajstić information content (AvgIpc) is 3.10. The van der Waals surface area contributed by atoms with Gasteiger partial charge in [0.2, 0.25) is 5.91 Å². The van der Waals surface area contributed by atoms with Crippen LogP contribution in [0.15, 0.2) is 47.1 Å². The van der Waals surface area contributed by atoms with E-state index in [1.807, 2.05) is 6.07 Å². The van der Waals surface area contributed by atoms with Gasteiger partial charge in [0.25, 0.3) is 0 Å². The largest absolute Gasteiger partial charge is 0.464 e.